The monoisotopic (exact) mass is 287 g/mol. The molecule has 0 aliphatic heterocycles. The second kappa shape index (κ2) is 5.33. The Morgan fingerprint density at radius 2 is 2.10 bits per heavy atom. The van der Waals surface area contributed by atoms with E-state index in [2.05, 4.69) is 25.5 Å². The first-order valence-electron chi connectivity index (χ1n) is 7.17. The van der Waals surface area contributed by atoms with E-state index in [-0.39, 0.29) is 0 Å². The van der Waals surface area contributed by atoms with Gasteiger partial charge in [-0.1, -0.05) is 0 Å². The molecule has 112 valence electrons. The van der Waals surface area contributed by atoms with E-state index in [1.807, 2.05) is 19.9 Å². The molecule has 1 fully saturated rings. The Hall–Kier alpha value is -2.15. The minimum Gasteiger partial charge on any atom is -0.368 e. The first kappa shape index (κ1) is 13.8. The molecule has 6 N–H and O–H groups in total. The summed E-state index contributed by atoms with van der Waals surface area (Å²) in [6.07, 6.45) is 1.94. The number of nitrogens with zero attached hydrogens (tertiary/aromatic N) is 3. The number of hydrogen-bond acceptors (Lipinski definition) is 6. The second-order valence-corrected chi connectivity index (χ2v) is 5.73. The summed E-state index contributed by atoms with van der Waals surface area (Å²) in [6.45, 7) is 4.65. The average molecular weight is 287 g/mol. The number of rotatable bonds is 4. The summed E-state index contributed by atoms with van der Waals surface area (Å²) in [6, 6.07) is 2.26. The van der Waals surface area contributed by atoms with Gasteiger partial charge in [-0.2, -0.15) is 10.1 Å². The smallest absolute Gasteiger partial charge is 0.222 e. The van der Waals surface area contributed by atoms with Crippen LogP contribution in [0.3, 0.4) is 0 Å². The van der Waals surface area contributed by atoms with E-state index < -0.39 is 0 Å². The predicted octanol–water partition coefficient (Wildman–Crippen LogP) is 1.22. The molecular formula is C14H21N7. The Bertz CT molecular complexity index is 623. The van der Waals surface area contributed by atoms with Crippen molar-refractivity contribution in [3.8, 4) is 0 Å². The summed E-state index contributed by atoms with van der Waals surface area (Å²) in [5.41, 5.74) is 15.8. The molecule has 0 aromatic carbocycles. The maximum atomic E-state index is 5.84. The molecule has 0 spiro atoms. The highest BCUT2D eigenvalue weighted by molar-refractivity contribution is 5.43. The molecule has 7 nitrogen and oxygen atoms in total. The van der Waals surface area contributed by atoms with Crippen molar-refractivity contribution in [2.75, 3.05) is 11.1 Å². The number of aromatic amines is 1. The maximum absolute atomic E-state index is 5.84. The number of nitrogen functional groups attached to an aromatic ring is 1. The third-order valence-corrected chi connectivity index (χ3v) is 4.08. The van der Waals surface area contributed by atoms with Crippen LogP contribution in [0, 0.1) is 13.8 Å². The Balaban J connectivity index is 1.73. The number of H-pyrrole nitrogens is 1. The lowest BCUT2D eigenvalue weighted by Crippen LogP contribution is -2.35. The van der Waals surface area contributed by atoms with Crippen LogP contribution in [0.4, 0.5) is 11.8 Å². The number of nitrogens with one attached hydrogen (secondary N) is 2. The highest BCUT2D eigenvalue weighted by Crippen LogP contribution is 2.35. The summed E-state index contributed by atoms with van der Waals surface area (Å²) < 4.78 is 0. The topological polar surface area (TPSA) is 119 Å². The number of nitrogens with two attached hydrogens (primary N) is 2. The van der Waals surface area contributed by atoms with Gasteiger partial charge in [0.05, 0.1) is 11.4 Å². The molecule has 1 aliphatic carbocycles. The number of anilines is 2. The van der Waals surface area contributed by atoms with Crippen LogP contribution < -0.4 is 16.8 Å². The van der Waals surface area contributed by atoms with E-state index in [1.165, 1.54) is 0 Å². The molecule has 0 bridgehead atoms. The average Bonchev–Trinajstić information content (AvgIpc) is 2.71. The van der Waals surface area contributed by atoms with Gasteiger partial charge >= 0.3 is 0 Å². The molecule has 1 aliphatic rings. The summed E-state index contributed by atoms with van der Waals surface area (Å²) in [5, 5.41) is 10.5. The molecule has 21 heavy (non-hydrogen) atoms. The van der Waals surface area contributed by atoms with Crippen molar-refractivity contribution < 1.29 is 0 Å². The Kier molecular flexibility index (Phi) is 3.50. The molecule has 0 saturated heterocycles. The van der Waals surface area contributed by atoms with E-state index in [0.717, 1.165) is 41.3 Å². The third kappa shape index (κ3) is 2.82. The van der Waals surface area contributed by atoms with E-state index >= 15 is 0 Å². The number of hydrogen-bond donors (Lipinski definition) is 4. The fourth-order valence-corrected chi connectivity index (χ4v) is 2.70. The molecule has 7 heteroatoms. The van der Waals surface area contributed by atoms with Crippen LogP contribution in [0.2, 0.25) is 0 Å². The van der Waals surface area contributed by atoms with Gasteiger partial charge in [0.2, 0.25) is 5.95 Å². The number of aryl methyl sites for hydroxylation is 2. The highest BCUT2D eigenvalue weighted by atomic mass is 15.1. The van der Waals surface area contributed by atoms with Crippen LogP contribution in [0.15, 0.2) is 6.07 Å². The lowest BCUT2D eigenvalue weighted by molar-refractivity contribution is 0.345. The predicted molar refractivity (Wildman–Crippen MR) is 81.8 cm³/mol. The van der Waals surface area contributed by atoms with Gasteiger partial charge in [0.15, 0.2) is 0 Å². The largest absolute Gasteiger partial charge is 0.368 e. The minimum absolute atomic E-state index is 0.291. The van der Waals surface area contributed by atoms with Gasteiger partial charge in [-0.15, -0.1) is 0 Å². The second-order valence-electron chi connectivity index (χ2n) is 5.73. The van der Waals surface area contributed by atoms with Crippen molar-refractivity contribution in [1.82, 2.24) is 20.2 Å². The minimum atomic E-state index is 0.291. The van der Waals surface area contributed by atoms with Crippen LogP contribution in [-0.2, 0) is 6.54 Å². The van der Waals surface area contributed by atoms with Gasteiger partial charge in [0.1, 0.15) is 5.82 Å². The SMILES string of the molecule is Cc1n[nH]c(C)c1CNc1cc(C2CC(N)C2)nc(N)n1. The van der Waals surface area contributed by atoms with E-state index in [4.69, 9.17) is 11.5 Å². The van der Waals surface area contributed by atoms with Gasteiger partial charge in [0.25, 0.3) is 0 Å². The quantitative estimate of drug-likeness (QED) is 0.671. The lowest BCUT2D eigenvalue weighted by Gasteiger charge is -2.32. The van der Waals surface area contributed by atoms with E-state index in [1.54, 1.807) is 0 Å². The Labute approximate surface area is 123 Å². The third-order valence-electron chi connectivity index (χ3n) is 4.08. The van der Waals surface area contributed by atoms with Crippen molar-refractivity contribution in [1.29, 1.82) is 0 Å². The van der Waals surface area contributed by atoms with Crippen molar-refractivity contribution in [2.45, 2.75) is 45.2 Å². The van der Waals surface area contributed by atoms with Gasteiger partial charge in [-0.25, -0.2) is 4.98 Å². The summed E-state index contributed by atoms with van der Waals surface area (Å²) in [4.78, 5) is 8.57. The zero-order valence-corrected chi connectivity index (χ0v) is 12.3. The van der Waals surface area contributed by atoms with Crippen LogP contribution >= 0.6 is 0 Å². The molecule has 3 rings (SSSR count). The van der Waals surface area contributed by atoms with Crippen molar-refractivity contribution in [2.24, 2.45) is 5.73 Å². The fourth-order valence-electron chi connectivity index (χ4n) is 2.70. The summed E-state index contributed by atoms with van der Waals surface area (Å²) in [7, 11) is 0. The molecule has 0 atom stereocenters. The van der Waals surface area contributed by atoms with E-state index in [9.17, 15) is 0 Å². The molecule has 0 unspecified atom stereocenters. The van der Waals surface area contributed by atoms with E-state index in [0.29, 0.717) is 24.5 Å². The molecule has 2 aromatic rings. The molecule has 0 radical (unpaired) electrons. The maximum Gasteiger partial charge on any atom is 0.222 e. The molecule has 0 amide bonds. The van der Waals surface area contributed by atoms with Crippen molar-refractivity contribution in [3.63, 3.8) is 0 Å². The zero-order chi connectivity index (χ0) is 15.0. The molecular weight excluding hydrogens is 266 g/mol. The van der Waals surface area contributed by atoms with Crippen LogP contribution in [0.1, 0.15) is 41.4 Å². The fraction of sp³-hybridized carbons (Fsp3) is 0.500. The van der Waals surface area contributed by atoms with Gasteiger partial charge in [-0.05, 0) is 26.7 Å². The van der Waals surface area contributed by atoms with Crippen molar-refractivity contribution >= 4 is 11.8 Å². The normalized spacial score (nSPS) is 21.1. The van der Waals surface area contributed by atoms with Crippen molar-refractivity contribution in [3.05, 3.63) is 28.7 Å². The van der Waals surface area contributed by atoms with Crippen LogP contribution in [0.25, 0.3) is 0 Å². The van der Waals surface area contributed by atoms with Crippen LogP contribution in [0.5, 0.6) is 0 Å². The summed E-state index contributed by atoms with van der Waals surface area (Å²) in [5.74, 6) is 1.46. The Morgan fingerprint density at radius 3 is 2.71 bits per heavy atom. The van der Waals surface area contributed by atoms with Gasteiger partial charge in [-0.3, -0.25) is 5.10 Å². The number of aromatic nitrogens is 4. The van der Waals surface area contributed by atoms with Gasteiger partial charge in [0, 0.05) is 35.8 Å². The van der Waals surface area contributed by atoms with Crippen LogP contribution in [-0.4, -0.2) is 26.2 Å². The van der Waals surface area contributed by atoms with Gasteiger partial charge < -0.3 is 16.8 Å². The summed E-state index contributed by atoms with van der Waals surface area (Å²) >= 11 is 0. The molecule has 2 aromatic heterocycles. The highest BCUT2D eigenvalue weighted by Gasteiger charge is 2.29. The molecule has 2 heterocycles. The zero-order valence-electron chi connectivity index (χ0n) is 12.3. The molecule has 1 saturated carbocycles. The lowest BCUT2D eigenvalue weighted by atomic mass is 9.78. The first-order chi connectivity index (χ1) is 10.0. The standard InChI is InChI=1S/C14H21N7/c1-7-11(8(2)21-20-7)6-17-13-5-12(18-14(16)19-13)9-3-10(15)4-9/h5,9-10H,3-4,6,15H2,1-2H3,(H,20,21)(H3,16,17,18,19). The first-order valence-corrected chi connectivity index (χ1v) is 7.17. The Morgan fingerprint density at radius 1 is 1.33 bits per heavy atom.